The van der Waals surface area contributed by atoms with Gasteiger partial charge in [-0.25, -0.2) is 0 Å². The van der Waals surface area contributed by atoms with Gasteiger partial charge in [-0.2, -0.15) is 0 Å². The molecule has 2 heterocycles. The molecule has 2 aromatic rings. The molecule has 5 rings (SSSR count). The van der Waals surface area contributed by atoms with Crippen molar-refractivity contribution in [3.63, 3.8) is 0 Å². The molecule has 5 nitrogen and oxygen atoms in total. The molecular weight excluding hydrogens is 356 g/mol. The fourth-order valence-corrected chi connectivity index (χ4v) is 5.89. The Bertz CT molecular complexity index is 946. The van der Waals surface area contributed by atoms with Crippen molar-refractivity contribution < 1.29 is 23.8 Å². The van der Waals surface area contributed by atoms with Crippen LogP contribution in [0, 0.1) is 11.8 Å². The first-order valence-electron chi connectivity index (χ1n) is 9.61. The summed E-state index contributed by atoms with van der Waals surface area (Å²) in [7, 11) is 1.57. The Labute approximate surface area is 163 Å². The van der Waals surface area contributed by atoms with E-state index >= 15 is 0 Å². The zero-order valence-corrected chi connectivity index (χ0v) is 16.4. The van der Waals surface area contributed by atoms with Crippen LogP contribution in [0.5, 0.6) is 17.2 Å². The second-order valence-corrected chi connectivity index (χ2v) is 8.32. The standard InChI is InChI=1S/C23H22O5/c1-5-12-6-8-14-16(10-12)27-20(24)18-22(14,2)19-21(25)28-17-11-13(26-4)7-9-15(17)23(18,19)3/h6-11,18-19H,5H2,1-4H3. The van der Waals surface area contributed by atoms with Crippen molar-refractivity contribution in [2.24, 2.45) is 11.8 Å². The van der Waals surface area contributed by atoms with E-state index in [-0.39, 0.29) is 11.9 Å². The second-order valence-electron chi connectivity index (χ2n) is 8.32. The van der Waals surface area contributed by atoms with Crippen molar-refractivity contribution >= 4 is 11.9 Å². The fraction of sp³-hybridized carbons (Fsp3) is 0.391. The molecule has 4 atom stereocenters. The molecule has 1 aliphatic carbocycles. The molecule has 0 amide bonds. The summed E-state index contributed by atoms with van der Waals surface area (Å²) in [6, 6.07) is 11.4. The minimum Gasteiger partial charge on any atom is -0.497 e. The van der Waals surface area contributed by atoms with Crippen molar-refractivity contribution in [3.05, 3.63) is 53.1 Å². The highest BCUT2D eigenvalue weighted by Gasteiger charge is 2.77. The Morgan fingerprint density at radius 2 is 1.43 bits per heavy atom. The van der Waals surface area contributed by atoms with E-state index in [1.54, 1.807) is 13.2 Å². The number of methoxy groups -OCH3 is 1. The maximum Gasteiger partial charge on any atom is 0.316 e. The van der Waals surface area contributed by atoms with E-state index in [4.69, 9.17) is 14.2 Å². The molecule has 2 aromatic carbocycles. The topological polar surface area (TPSA) is 61.8 Å². The number of ether oxygens (including phenoxy) is 3. The highest BCUT2D eigenvalue weighted by atomic mass is 16.5. The van der Waals surface area contributed by atoms with E-state index in [0.29, 0.717) is 17.2 Å². The summed E-state index contributed by atoms with van der Waals surface area (Å²) in [5.41, 5.74) is 1.53. The molecule has 1 fully saturated rings. The van der Waals surface area contributed by atoms with Gasteiger partial charge in [-0.15, -0.1) is 0 Å². The summed E-state index contributed by atoms with van der Waals surface area (Å²) in [5.74, 6) is 0.151. The van der Waals surface area contributed by atoms with E-state index in [0.717, 1.165) is 23.1 Å². The molecule has 4 unspecified atom stereocenters. The quantitative estimate of drug-likeness (QED) is 0.591. The van der Waals surface area contributed by atoms with Gasteiger partial charge >= 0.3 is 11.9 Å². The number of rotatable bonds is 2. The Morgan fingerprint density at radius 3 is 1.96 bits per heavy atom. The summed E-state index contributed by atoms with van der Waals surface area (Å²) in [5, 5.41) is 0. The zero-order chi connectivity index (χ0) is 19.8. The minimum atomic E-state index is -0.677. The lowest BCUT2D eigenvalue weighted by atomic mass is 9.35. The average molecular weight is 378 g/mol. The summed E-state index contributed by atoms with van der Waals surface area (Å²) >= 11 is 0. The van der Waals surface area contributed by atoms with Gasteiger partial charge in [0, 0.05) is 28.0 Å². The smallest absolute Gasteiger partial charge is 0.316 e. The summed E-state index contributed by atoms with van der Waals surface area (Å²) in [6.45, 7) is 6.02. The lowest BCUT2D eigenvalue weighted by Gasteiger charge is -2.66. The second kappa shape index (κ2) is 5.37. The summed E-state index contributed by atoms with van der Waals surface area (Å²) in [4.78, 5) is 26.2. The number of aryl methyl sites for hydroxylation is 1. The van der Waals surface area contributed by atoms with Crippen LogP contribution in [0.15, 0.2) is 36.4 Å². The molecule has 0 saturated heterocycles. The van der Waals surface area contributed by atoms with Crippen LogP contribution < -0.4 is 14.2 Å². The first kappa shape index (κ1) is 17.3. The zero-order valence-electron chi connectivity index (χ0n) is 16.4. The van der Waals surface area contributed by atoms with Crippen LogP contribution in [-0.2, 0) is 26.8 Å². The summed E-state index contributed by atoms with van der Waals surface area (Å²) < 4.78 is 16.7. The number of carbonyl (C=O) groups excluding carboxylic acids is 2. The van der Waals surface area contributed by atoms with Gasteiger partial charge in [0.2, 0.25) is 0 Å². The van der Waals surface area contributed by atoms with Gasteiger partial charge in [0.05, 0.1) is 18.9 Å². The number of fused-ring (bicyclic) bond motifs is 8. The Kier molecular flexibility index (Phi) is 3.32. The van der Waals surface area contributed by atoms with Crippen LogP contribution in [0.1, 0.15) is 37.5 Å². The van der Waals surface area contributed by atoms with Gasteiger partial charge in [0.1, 0.15) is 17.2 Å². The number of hydrogen-bond donors (Lipinski definition) is 0. The predicted molar refractivity (Wildman–Crippen MR) is 102 cm³/mol. The van der Waals surface area contributed by atoms with Gasteiger partial charge in [-0.1, -0.05) is 39.0 Å². The average Bonchev–Trinajstić information content (AvgIpc) is 2.65. The predicted octanol–water partition coefficient (Wildman–Crippen LogP) is 3.56. The van der Waals surface area contributed by atoms with Crippen molar-refractivity contribution in [1.82, 2.24) is 0 Å². The number of esters is 2. The third-order valence-corrected chi connectivity index (χ3v) is 7.09. The molecule has 28 heavy (non-hydrogen) atoms. The highest BCUT2D eigenvalue weighted by Crippen LogP contribution is 2.70. The van der Waals surface area contributed by atoms with Crippen molar-refractivity contribution in [1.29, 1.82) is 0 Å². The molecule has 0 bridgehead atoms. The molecule has 144 valence electrons. The van der Waals surface area contributed by atoms with Crippen molar-refractivity contribution in [2.45, 2.75) is 38.0 Å². The molecule has 5 heteroatoms. The van der Waals surface area contributed by atoms with Crippen LogP contribution in [0.2, 0.25) is 0 Å². The number of benzene rings is 2. The molecule has 2 aliphatic heterocycles. The largest absolute Gasteiger partial charge is 0.497 e. The maximum atomic E-state index is 13.1. The number of carbonyl (C=O) groups is 2. The molecule has 0 spiro atoms. The fourth-order valence-electron chi connectivity index (χ4n) is 5.89. The van der Waals surface area contributed by atoms with Gasteiger partial charge in [0.25, 0.3) is 0 Å². The Morgan fingerprint density at radius 1 is 0.893 bits per heavy atom. The van der Waals surface area contributed by atoms with E-state index < -0.39 is 22.7 Å². The van der Waals surface area contributed by atoms with Gasteiger partial charge in [-0.05, 0) is 24.1 Å². The molecule has 1 saturated carbocycles. The first-order chi connectivity index (χ1) is 13.3. The van der Waals surface area contributed by atoms with Crippen molar-refractivity contribution in [3.8, 4) is 17.2 Å². The Hall–Kier alpha value is -2.82. The van der Waals surface area contributed by atoms with Gasteiger partial charge in [0.15, 0.2) is 0 Å². The molecule has 3 aliphatic rings. The van der Waals surface area contributed by atoms with Gasteiger partial charge < -0.3 is 14.2 Å². The van der Waals surface area contributed by atoms with Crippen LogP contribution in [-0.4, -0.2) is 19.0 Å². The SMILES string of the molecule is CCc1ccc2c(c1)OC(=O)C1C2(C)C2C(=O)Oc3cc(OC)ccc3C12C. The summed E-state index contributed by atoms with van der Waals surface area (Å²) in [6.07, 6.45) is 0.851. The van der Waals surface area contributed by atoms with E-state index in [9.17, 15) is 9.59 Å². The Balaban J connectivity index is 1.71. The normalized spacial score (nSPS) is 32.0. The molecule has 0 N–H and O–H groups in total. The van der Waals surface area contributed by atoms with Crippen LogP contribution in [0.25, 0.3) is 0 Å². The van der Waals surface area contributed by atoms with E-state index in [1.807, 2.05) is 44.2 Å². The lowest BCUT2D eigenvalue weighted by molar-refractivity contribution is -0.184. The van der Waals surface area contributed by atoms with E-state index in [1.165, 1.54) is 0 Å². The highest BCUT2D eigenvalue weighted by molar-refractivity contribution is 5.94. The third kappa shape index (κ3) is 1.82. The maximum absolute atomic E-state index is 13.1. The van der Waals surface area contributed by atoms with Crippen molar-refractivity contribution in [2.75, 3.05) is 7.11 Å². The molecule has 0 aromatic heterocycles. The van der Waals surface area contributed by atoms with Crippen LogP contribution in [0.4, 0.5) is 0 Å². The molecular formula is C23H22O5. The third-order valence-electron chi connectivity index (χ3n) is 7.09. The first-order valence-corrected chi connectivity index (χ1v) is 9.61. The van der Waals surface area contributed by atoms with Gasteiger partial charge in [-0.3, -0.25) is 9.59 Å². The lowest BCUT2D eigenvalue weighted by Crippen LogP contribution is -2.75. The monoisotopic (exact) mass is 378 g/mol. The molecule has 0 radical (unpaired) electrons. The van der Waals surface area contributed by atoms with Crippen LogP contribution >= 0.6 is 0 Å². The van der Waals surface area contributed by atoms with E-state index in [2.05, 4.69) is 6.92 Å². The van der Waals surface area contributed by atoms with Crippen LogP contribution in [0.3, 0.4) is 0 Å². The minimum absolute atomic E-state index is 0.279. The number of hydrogen-bond acceptors (Lipinski definition) is 5.